The van der Waals surface area contributed by atoms with Crippen molar-refractivity contribution in [2.24, 2.45) is 0 Å². The summed E-state index contributed by atoms with van der Waals surface area (Å²) in [4.78, 5) is 23.8. The average Bonchev–Trinajstić information content (AvgIpc) is 2.91. The summed E-state index contributed by atoms with van der Waals surface area (Å²) in [6.45, 7) is 0. The first-order valence-electron chi connectivity index (χ1n) is 5.99. The van der Waals surface area contributed by atoms with Crippen molar-refractivity contribution in [3.05, 3.63) is 51.2 Å². The highest BCUT2D eigenvalue weighted by molar-refractivity contribution is 7.99. The summed E-state index contributed by atoms with van der Waals surface area (Å²) < 4.78 is 0. The van der Waals surface area contributed by atoms with E-state index in [2.05, 4.69) is 5.32 Å². The van der Waals surface area contributed by atoms with E-state index in [9.17, 15) is 9.59 Å². The molecule has 0 aliphatic heterocycles. The lowest BCUT2D eigenvalue weighted by atomic mass is 10.2. The number of hydrogen-bond donors (Lipinski definition) is 2. The molecular weight excluding hydrogens is 330 g/mol. The highest BCUT2D eigenvalue weighted by Gasteiger charge is 2.10. The Balaban J connectivity index is 1.85. The molecule has 1 aromatic carbocycles. The summed E-state index contributed by atoms with van der Waals surface area (Å²) in [5.41, 5.74) is 0.508. The summed E-state index contributed by atoms with van der Waals surface area (Å²) >= 11 is 9.02. The number of amides is 1. The molecule has 1 heterocycles. The molecule has 2 rings (SSSR count). The molecule has 21 heavy (non-hydrogen) atoms. The van der Waals surface area contributed by atoms with Crippen LogP contribution in [0, 0.1) is 0 Å². The van der Waals surface area contributed by atoms with Crippen molar-refractivity contribution in [3.63, 3.8) is 0 Å². The molecule has 110 valence electrons. The lowest BCUT2D eigenvalue weighted by Gasteiger charge is -2.06. The van der Waals surface area contributed by atoms with E-state index in [4.69, 9.17) is 16.7 Å². The molecule has 2 aromatic rings. The van der Waals surface area contributed by atoms with E-state index in [1.54, 1.807) is 11.3 Å². The van der Waals surface area contributed by atoms with Crippen LogP contribution in [0.15, 0.2) is 35.7 Å². The lowest BCUT2D eigenvalue weighted by Crippen LogP contribution is -2.14. The number of aromatic carboxylic acids is 1. The Morgan fingerprint density at radius 3 is 2.76 bits per heavy atom. The van der Waals surface area contributed by atoms with Gasteiger partial charge in [-0.25, -0.2) is 4.79 Å². The number of carboxylic acid groups (broad SMARTS) is 1. The number of carboxylic acids is 1. The Morgan fingerprint density at radius 2 is 2.14 bits per heavy atom. The predicted molar refractivity (Wildman–Crippen MR) is 87.5 cm³/mol. The van der Waals surface area contributed by atoms with Crippen LogP contribution in [-0.4, -0.2) is 22.7 Å². The first-order valence-corrected chi connectivity index (χ1v) is 8.40. The molecule has 0 fully saturated rings. The van der Waals surface area contributed by atoms with Gasteiger partial charge in [-0.3, -0.25) is 4.79 Å². The summed E-state index contributed by atoms with van der Waals surface area (Å²) in [6.07, 6.45) is 0. The Labute approximate surface area is 135 Å². The molecule has 1 amide bonds. The largest absolute Gasteiger partial charge is 0.478 e. The van der Waals surface area contributed by atoms with E-state index >= 15 is 0 Å². The fourth-order valence-electron chi connectivity index (χ4n) is 1.60. The fraction of sp³-hybridized carbons (Fsp3) is 0.143. The van der Waals surface area contributed by atoms with Crippen LogP contribution < -0.4 is 5.32 Å². The number of anilines is 1. The third-order valence-corrected chi connectivity index (χ3v) is 4.89. The minimum Gasteiger partial charge on any atom is -0.478 e. The molecule has 0 saturated carbocycles. The van der Waals surface area contributed by atoms with Gasteiger partial charge >= 0.3 is 5.97 Å². The summed E-state index contributed by atoms with van der Waals surface area (Å²) in [6, 6.07) is 8.34. The second-order valence-corrected chi connectivity index (χ2v) is 6.55. The maximum atomic E-state index is 11.8. The molecule has 0 radical (unpaired) electrons. The maximum Gasteiger partial charge on any atom is 0.337 e. The summed E-state index contributed by atoms with van der Waals surface area (Å²) in [7, 11) is 0. The first-order chi connectivity index (χ1) is 10.1. The number of rotatable bonds is 6. The van der Waals surface area contributed by atoms with Crippen LogP contribution in [0.2, 0.25) is 5.02 Å². The number of hydrogen-bond acceptors (Lipinski definition) is 4. The van der Waals surface area contributed by atoms with Crippen molar-refractivity contribution in [2.45, 2.75) is 5.75 Å². The maximum absolute atomic E-state index is 11.8. The van der Waals surface area contributed by atoms with Crippen LogP contribution in [0.4, 0.5) is 5.69 Å². The van der Waals surface area contributed by atoms with Gasteiger partial charge in [-0.15, -0.1) is 23.1 Å². The zero-order valence-corrected chi connectivity index (χ0v) is 13.2. The smallest absolute Gasteiger partial charge is 0.337 e. The van der Waals surface area contributed by atoms with E-state index in [0.717, 1.165) is 5.75 Å². The SMILES string of the molecule is O=C(CSCc1cccs1)Nc1ccc(C(=O)O)c(Cl)c1. The van der Waals surface area contributed by atoms with Gasteiger partial charge in [-0.05, 0) is 29.6 Å². The number of thioether (sulfide) groups is 1. The molecule has 0 aliphatic carbocycles. The molecule has 4 nitrogen and oxygen atoms in total. The van der Waals surface area contributed by atoms with Crippen molar-refractivity contribution >= 4 is 52.3 Å². The minimum atomic E-state index is -1.09. The van der Waals surface area contributed by atoms with Gasteiger partial charge < -0.3 is 10.4 Å². The van der Waals surface area contributed by atoms with Crippen LogP contribution >= 0.6 is 34.7 Å². The number of thiophene rings is 1. The third-order valence-electron chi connectivity index (χ3n) is 2.54. The van der Waals surface area contributed by atoms with Gasteiger partial charge in [0.15, 0.2) is 0 Å². The zero-order valence-electron chi connectivity index (χ0n) is 10.8. The van der Waals surface area contributed by atoms with Crippen molar-refractivity contribution in [1.29, 1.82) is 0 Å². The Morgan fingerprint density at radius 1 is 1.33 bits per heavy atom. The molecule has 2 N–H and O–H groups in total. The zero-order chi connectivity index (χ0) is 15.2. The van der Waals surface area contributed by atoms with Crippen LogP contribution in [0.5, 0.6) is 0 Å². The van der Waals surface area contributed by atoms with Gasteiger partial charge in [0.1, 0.15) is 0 Å². The van der Waals surface area contributed by atoms with Gasteiger partial charge in [0.25, 0.3) is 0 Å². The van der Waals surface area contributed by atoms with Crippen molar-refractivity contribution in [2.75, 3.05) is 11.1 Å². The predicted octanol–water partition coefficient (Wildman–Crippen LogP) is 3.97. The normalized spacial score (nSPS) is 10.3. The second kappa shape index (κ2) is 7.49. The van der Waals surface area contributed by atoms with Gasteiger partial charge in [0, 0.05) is 16.3 Å². The molecule has 0 spiro atoms. The molecule has 7 heteroatoms. The summed E-state index contributed by atoms with van der Waals surface area (Å²) in [5, 5.41) is 13.7. The van der Waals surface area contributed by atoms with Gasteiger partial charge in [0.05, 0.1) is 16.3 Å². The van der Waals surface area contributed by atoms with Crippen molar-refractivity contribution in [3.8, 4) is 0 Å². The quantitative estimate of drug-likeness (QED) is 0.834. The molecule has 0 saturated heterocycles. The fourth-order valence-corrected chi connectivity index (χ4v) is 3.53. The standard InChI is InChI=1S/C14H12ClNO3S2/c15-12-6-9(3-4-11(12)14(18)19)16-13(17)8-20-7-10-2-1-5-21-10/h1-6H,7-8H2,(H,16,17)(H,18,19). The van der Waals surface area contributed by atoms with Crippen molar-refractivity contribution in [1.82, 2.24) is 0 Å². The lowest BCUT2D eigenvalue weighted by molar-refractivity contribution is -0.113. The number of halogens is 1. The Bertz CT molecular complexity index is 644. The van der Waals surface area contributed by atoms with E-state index < -0.39 is 5.97 Å². The summed E-state index contributed by atoms with van der Waals surface area (Å²) in [5.74, 6) is -0.111. The second-order valence-electron chi connectivity index (χ2n) is 4.12. The van der Waals surface area contributed by atoms with Crippen LogP contribution in [0.3, 0.4) is 0 Å². The van der Waals surface area contributed by atoms with Crippen LogP contribution in [0.1, 0.15) is 15.2 Å². The Hall–Kier alpha value is -1.50. The third kappa shape index (κ3) is 4.77. The molecule has 0 bridgehead atoms. The van der Waals surface area contributed by atoms with Gasteiger partial charge in [0.2, 0.25) is 5.91 Å². The molecular formula is C14H12ClNO3S2. The Kier molecular flexibility index (Phi) is 5.67. The molecule has 0 atom stereocenters. The van der Waals surface area contributed by atoms with E-state index in [0.29, 0.717) is 11.4 Å². The van der Waals surface area contributed by atoms with Crippen LogP contribution in [0.25, 0.3) is 0 Å². The number of carbonyl (C=O) groups excluding carboxylic acids is 1. The van der Waals surface area contributed by atoms with Gasteiger partial charge in [-0.2, -0.15) is 0 Å². The highest BCUT2D eigenvalue weighted by Crippen LogP contribution is 2.22. The van der Waals surface area contributed by atoms with E-state index in [1.165, 1.54) is 34.8 Å². The van der Waals surface area contributed by atoms with Crippen molar-refractivity contribution < 1.29 is 14.7 Å². The van der Waals surface area contributed by atoms with E-state index in [-0.39, 0.29) is 16.5 Å². The number of nitrogens with one attached hydrogen (secondary N) is 1. The topological polar surface area (TPSA) is 66.4 Å². The number of benzene rings is 1. The minimum absolute atomic E-state index is 0.0155. The highest BCUT2D eigenvalue weighted by atomic mass is 35.5. The molecule has 0 aliphatic rings. The first kappa shape index (κ1) is 15.9. The average molecular weight is 342 g/mol. The monoisotopic (exact) mass is 341 g/mol. The van der Waals surface area contributed by atoms with Crippen LogP contribution in [-0.2, 0) is 10.5 Å². The van der Waals surface area contributed by atoms with E-state index in [1.807, 2.05) is 17.5 Å². The molecule has 0 unspecified atom stereocenters. The molecule has 1 aromatic heterocycles. The number of carbonyl (C=O) groups is 2. The van der Waals surface area contributed by atoms with Gasteiger partial charge in [-0.1, -0.05) is 17.7 Å².